The normalized spacial score (nSPS) is 11.4. The average Bonchev–Trinajstić information content (AvgIpc) is 2.88. The van der Waals surface area contributed by atoms with Gasteiger partial charge in [-0.05, 0) is 35.9 Å². The fraction of sp³-hybridized carbons (Fsp3) is 0. The van der Waals surface area contributed by atoms with Crippen LogP contribution >= 0.6 is 0 Å². The third kappa shape index (κ3) is 2.25. The van der Waals surface area contributed by atoms with E-state index in [0.717, 1.165) is 16.6 Å². The highest BCUT2D eigenvalue weighted by atomic mass is 16.3. The van der Waals surface area contributed by atoms with Gasteiger partial charge in [-0.1, -0.05) is 24.3 Å². The Hall–Kier alpha value is -3.06. The average molecular weight is 261 g/mol. The maximum Gasteiger partial charge on any atom is 0.149 e. The molecule has 20 heavy (non-hydrogen) atoms. The van der Waals surface area contributed by atoms with E-state index in [-0.39, 0.29) is 5.75 Å². The molecule has 0 saturated carbocycles. The zero-order valence-electron chi connectivity index (χ0n) is 10.5. The lowest BCUT2D eigenvalue weighted by molar-refractivity contribution is 0.475. The summed E-state index contributed by atoms with van der Waals surface area (Å²) in [6.45, 7) is 0. The van der Waals surface area contributed by atoms with Crippen molar-refractivity contribution in [2.24, 2.45) is 0 Å². The molecule has 2 aromatic carbocycles. The van der Waals surface area contributed by atoms with E-state index in [1.807, 2.05) is 30.3 Å². The number of hydrogen-bond donors (Lipinski definition) is 2. The van der Waals surface area contributed by atoms with Crippen molar-refractivity contribution >= 4 is 22.7 Å². The van der Waals surface area contributed by atoms with Gasteiger partial charge in [0.05, 0.1) is 16.6 Å². The molecule has 0 aliphatic carbocycles. The van der Waals surface area contributed by atoms with Crippen molar-refractivity contribution in [3.8, 4) is 11.8 Å². The summed E-state index contributed by atoms with van der Waals surface area (Å²) < 4.78 is 0. The van der Waals surface area contributed by atoms with Crippen LogP contribution in [0.3, 0.4) is 0 Å². The molecule has 0 saturated heterocycles. The Morgan fingerprint density at radius 2 is 2.05 bits per heavy atom. The number of rotatable bonds is 2. The van der Waals surface area contributed by atoms with E-state index >= 15 is 0 Å². The summed E-state index contributed by atoms with van der Waals surface area (Å²) in [6, 6.07) is 16.5. The maximum absolute atomic E-state index is 9.45. The number of aromatic hydroxyl groups is 1. The van der Waals surface area contributed by atoms with E-state index in [2.05, 4.69) is 16.0 Å². The standard InChI is InChI=1S/C16H11N3O/c17-10-12(8-11-4-3-5-13(20)9-11)16-18-14-6-1-2-7-15(14)19-16/h1-9,20H,(H,18,19)/b12-8-. The van der Waals surface area contributed by atoms with Crippen molar-refractivity contribution in [2.45, 2.75) is 0 Å². The Bertz CT molecular complexity index is 807. The van der Waals surface area contributed by atoms with Gasteiger partial charge in [0.1, 0.15) is 17.6 Å². The van der Waals surface area contributed by atoms with Crippen molar-refractivity contribution in [1.29, 1.82) is 5.26 Å². The lowest BCUT2D eigenvalue weighted by Gasteiger charge is -1.96. The molecule has 0 spiro atoms. The molecule has 0 bridgehead atoms. The van der Waals surface area contributed by atoms with Gasteiger partial charge in [-0.3, -0.25) is 0 Å². The highest BCUT2D eigenvalue weighted by molar-refractivity contribution is 5.90. The second kappa shape index (κ2) is 4.90. The van der Waals surface area contributed by atoms with E-state index in [1.165, 1.54) is 0 Å². The maximum atomic E-state index is 9.45. The number of H-pyrrole nitrogens is 1. The summed E-state index contributed by atoms with van der Waals surface area (Å²) in [4.78, 5) is 7.51. The van der Waals surface area contributed by atoms with Crippen LogP contribution in [0.4, 0.5) is 0 Å². The number of imidazole rings is 1. The second-order valence-electron chi connectivity index (χ2n) is 4.37. The van der Waals surface area contributed by atoms with Gasteiger partial charge < -0.3 is 10.1 Å². The molecule has 1 heterocycles. The summed E-state index contributed by atoms with van der Waals surface area (Å²) in [5, 5.41) is 18.7. The molecule has 3 rings (SSSR count). The number of nitriles is 1. The van der Waals surface area contributed by atoms with Crippen molar-refractivity contribution in [3.05, 3.63) is 59.9 Å². The predicted octanol–water partition coefficient (Wildman–Crippen LogP) is 3.33. The van der Waals surface area contributed by atoms with E-state index < -0.39 is 0 Å². The van der Waals surface area contributed by atoms with E-state index in [4.69, 9.17) is 0 Å². The van der Waals surface area contributed by atoms with Gasteiger partial charge in [-0.2, -0.15) is 5.26 Å². The van der Waals surface area contributed by atoms with E-state index in [9.17, 15) is 10.4 Å². The second-order valence-corrected chi connectivity index (χ2v) is 4.37. The number of benzene rings is 2. The number of nitrogens with zero attached hydrogens (tertiary/aromatic N) is 2. The summed E-state index contributed by atoms with van der Waals surface area (Å²) in [5.41, 5.74) is 2.88. The van der Waals surface area contributed by atoms with Crippen molar-refractivity contribution in [3.63, 3.8) is 0 Å². The molecule has 4 heteroatoms. The SMILES string of the molecule is N#C/C(=C/c1cccc(O)c1)c1nc2ccccc2[nH]1. The van der Waals surface area contributed by atoms with Crippen LogP contribution in [0.2, 0.25) is 0 Å². The minimum atomic E-state index is 0.167. The van der Waals surface area contributed by atoms with Gasteiger partial charge in [-0.15, -0.1) is 0 Å². The van der Waals surface area contributed by atoms with E-state index in [0.29, 0.717) is 11.4 Å². The van der Waals surface area contributed by atoms with Gasteiger partial charge in [0.25, 0.3) is 0 Å². The third-order valence-corrected chi connectivity index (χ3v) is 2.95. The number of allylic oxidation sites excluding steroid dienone is 1. The largest absolute Gasteiger partial charge is 0.508 e. The zero-order valence-corrected chi connectivity index (χ0v) is 10.5. The molecular weight excluding hydrogens is 250 g/mol. The van der Waals surface area contributed by atoms with Crippen molar-refractivity contribution in [1.82, 2.24) is 9.97 Å². The summed E-state index contributed by atoms with van der Waals surface area (Å²) in [5.74, 6) is 0.692. The first-order valence-electron chi connectivity index (χ1n) is 6.12. The quantitative estimate of drug-likeness (QED) is 0.695. The number of aromatic nitrogens is 2. The van der Waals surface area contributed by atoms with E-state index in [1.54, 1.807) is 24.3 Å². The lowest BCUT2D eigenvalue weighted by atomic mass is 10.1. The van der Waals surface area contributed by atoms with Crippen LogP contribution in [0.15, 0.2) is 48.5 Å². The summed E-state index contributed by atoms with van der Waals surface area (Å²) >= 11 is 0. The fourth-order valence-electron chi connectivity index (χ4n) is 2.02. The Balaban J connectivity index is 2.07. The molecule has 0 unspecified atom stereocenters. The van der Waals surface area contributed by atoms with Crippen LogP contribution in [0.5, 0.6) is 5.75 Å². The lowest BCUT2D eigenvalue weighted by Crippen LogP contribution is -1.84. The number of phenols is 1. The Kier molecular flexibility index (Phi) is 2.94. The van der Waals surface area contributed by atoms with Gasteiger partial charge in [-0.25, -0.2) is 4.98 Å². The molecule has 3 aromatic rings. The van der Waals surface area contributed by atoms with Gasteiger partial charge in [0.2, 0.25) is 0 Å². The summed E-state index contributed by atoms with van der Waals surface area (Å²) in [7, 11) is 0. The smallest absolute Gasteiger partial charge is 0.149 e. The Morgan fingerprint density at radius 3 is 2.80 bits per heavy atom. The third-order valence-electron chi connectivity index (χ3n) is 2.95. The fourth-order valence-corrected chi connectivity index (χ4v) is 2.02. The molecule has 0 atom stereocenters. The number of nitrogens with one attached hydrogen (secondary N) is 1. The highest BCUT2D eigenvalue weighted by Gasteiger charge is 2.07. The molecular formula is C16H11N3O. The molecule has 1 aromatic heterocycles. The van der Waals surface area contributed by atoms with Crippen LogP contribution < -0.4 is 0 Å². The van der Waals surface area contributed by atoms with Crippen LogP contribution in [0.25, 0.3) is 22.7 Å². The first-order valence-corrected chi connectivity index (χ1v) is 6.12. The molecule has 96 valence electrons. The zero-order chi connectivity index (χ0) is 13.9. The number of para-hydroxylation sites is 2. The van der Waals surface area contributed by atoms with Crippen LogP contribution in [-0.2, 0) is 0 Å². The van der Waals surface area contributed by atoms with Crippen molar-refractivity contribution < 1.29 is 5.11 Å². The first kappa shape index (κ1) is 12.0. The molecule has 0 aliphatic rings. The van der Waals surface area contributed by atoms with Gasteiger partial charge in [0, 0.05) is 0 Å². The summed E-state index contributed by atoms with van der Waals surface area (Å²) in [6.07, 6.45) is 1.69. The number of hydrogen-bond acceptors (Lipinski definition) is 3. The molecule has 0 radical (unpaired) electrons. The monoisotopic (exact) mass is 261 g/mol. The molecule has 2 N–H and O–H groups in total. The van der Waals surface area contributed by atoms with Gasteiger partial charge >= 0.3 is 0 Å². The topological polar surface area (TPSA) is 72.7 Å². The number of phenolic OH excluding ortho intramolecular Hbond substituents is 1. The molecule has 4 nitrogen and oxygen atoms in total. The Morgan fingerprint density at radius 1 is 1.20 bits per heavy atom. The highest BCUT2D eigenvalue weighted by Crippen LogP contribution is 2.20. The minimum Gasteiger partial charge on any atom is -0.508 e. The first-order chi connectivity index (χ1) is 9.76. The molecule has 0 aliphatic heterocycles. The van der Waals surface area contributed by atoms with Gasteiger partial charge in [0.15, 0.2) is 0 Å². The molecule has 0 fully saturated rings. The number of aromatic amines is 1. The minimum absolute atomic E-state index is 0.167. The van der Waals surface area contributed by atoms with Crippen LogP contribution in [-0.4, -0.2) is 15.1 Å². The predicted molar refractivity (Wildman–Crippen MR) is 77.7 cm³/mol. The van der Waals surface area contributed by atoms with Crippen molar-refractivity contribution in [2.75, 3.05) is 0 Å². The molecule has 0 amide bonds. The van der Waals surface area contributed by atoms with Crippen LogP contribution in [0, 0.1) is 11.3 Å². The van der Waals surface area contributed by atoms with Crippen LogP contribution in [0.1, 0.15) is 11.4 Å². The number of fused-ring (bicyclic) bond motifs is 1. The Labute approximate surface area is 115 Å².